The minimum Gasteiger partial charge on any atom is -0.550 e. The van der Waals surface area contributed by atoms with Gasteiger partial charge in [-0.05, 0) is 24.5 Å². The van der Waals surface area contributed by atoms with Gasteiger partial charge in [0.25, 0.3) is 0 Å². The molecule has 0 spiro atoms. The van der Waals surface area contributed by atoms with Gasteiger partial charge in [0.05, 0.1) is 6.10 Å². The fraction of sp³-hybridized carbons (Fsp3) is 0.188. The molecule has 2 aromatic carbocycles. The Labute approximate surface area is 148 Å². The summed E-state index contributed by atoms with van der Waals surface area (Å²) in [5.41, 5.74) is 0.796. The molecule has 0 saturated heterocycles. The van der Waals surface area contributed by atoms with Crippen LogP contribution in [0.2, 0.25) is 0 Å². The number of hydrogen-bond acceptors (Lipinski definition) is 4. The topological polar surface area (TPSA) is 60.4 Å². The van der Waals surface area contributed by atoms with Crippen LogP contribution in [0.15, 0.2) is 42.5 Å². The van der Waals surface area contributed by atoms with Crippen molar-refractivity contribution in [1.82, 2.24) is 0 Å². The van der Waals surface area contributed by atoms with Crippen LogP contribution >= 0.6 is 11.3 Å². The van der Waals surface area contributed by atoms with E-state index in [1.54, 1.807) is 11.3 Å². The molecule has 1 aromatic heterocycles. The van der Waals surface area contributed by atoms with Crippen molar-refractivity contribution in [3.63, 3.8) is 0 Å². The predicted molar refractivity (Wildman–Crippen MR) is 78.5 cm³/mol. The molecule has 0 aliphatic carbocycles. The minimum atomic E-state index is -1.13. The van der Waals surface area contributed by atoms with Gasteiger partial charge < -0.3 is 15.0 Å². The van der Waals surface area contributed by atoms with Crippen molar-refractivity contribution in [1.29, 1.82) is 0 Å². The van der Waals surface area contributed by atoms with E-state index in [1.165, 1.54) is 10.1 Å². The molecule has 0 aliphatic heterocycles. The summed E-state index contributed by atoms with van der Waals surface area (Å²) in [6.07, 6.45) is -0.734. The quantitative estimate of drug-likeness (QED) is 0.669. The van der Waals surface area contributed by atoms with Crippen molar-refractivity contribution in [2.24, 2.45) is 0 Å². The zero-order valence-electron chi connectivity index (χ0n) is 11.7. The summed E-state index contributed by atoms with van der Waals surface area (Å²) >= 11 is 1.63. The second kappa shape index (κ2) is 6.90. The van der Waals surface area contributed by atoms with Crippen LogP contribution in [0.4, 0.5) is 0 Å². The van der Waals surface area contributed by atoms with E-state index in [9.17, 15) is 15.0 Å². The van der Waals surface area contributed by atoms with Gasteiger partial charge in [-0.25, -0.2) is 0 Å². The molecule has 3 rings (SSSR count). The Balaban J connectivity index is 0.00000161. The molecule has 5 heteroatoms. The number of hydrogen-bond donors (Lipinski definition) is 1. The van der Waals surface area contributed by atoms with Gasteiger partial charge in [0.1, 0.15) is 0 Å². The van der Waals surface area contributed by atoms with Crippen LogP contribution in [-0.2, 0) is 4.79 Å². The first-order valence-electron chi connectivity index (χ1n) is 6.45. The van der Waals surface area contributed by atoms with Gasteiger partial charge in [0, 0.05) is 26.1 Å². The van der Waals surface area contributed by atoms with Gasteiger partial charge in [-0.3, -0.25) is 0 Å². The van der Waals surface area contributed by atoms with E-state index in [1.807, 2.05) is 30.3 Å². The number of carbonyl (C=O) groups is 1. The summed E-state index contributed by atoms with van der Waals surface area (Å²) in [5.74, 6) is -1.13. The Hall–Kier alpha value is -0.910. The number of aliphatic hydroxyl groups is 1. The summed E-state index contributed by atoms with van der Waals surface area (Å²) < 4.78 is 2.20. The summed E-state index contributed by atoms with van der Waals surface area (Å²) in [6.45, 7) is 0. The predicted octanol–water partition coefficient (Wildman–Crippen LogP) is -0.378. The van der Waals surface area contributed by atoms with E-state index in [-0.39, 0.29) is 42.4 Å². The summed E-state index contributed by atoms with van der Waals surface area (Å²) in [4.78, 5) is 10.5. The fourth-order valence-electron chi connectivity index (χ4n) is 2.44. The molecule has 0 radical (unpaired) electrons. The monoisotopic (exact) mass is 308 g/mol. The number of carboxylic acids is 1. The largest absolute Gasteiger partial charge is 1.00 e. The van der Waals surface area contributed by atoms with E-state index in [0.717, 1.165) is 15.6 Å². The third-order valence-corrected chi connectivity index (χ3v) is 4.65. The Morgan fingerprint density at radius 3 is 2.62 bits per heavy atom. The molecular formula is C16H13NaO3S. The molecule has 0 saturated carbocycles. The molecule has 3 nitrogen and oxygen atoms in total. The van der Waals surface area contributed by atoms with Crippen molar-refractivity contribution in [3.05, 3.63) is 48.0 Å². The maximum atomic E-state index is 10.5. The molecule has 1 N–H and O–H groups in total. The molecule has 102 valence electrons. The molecule has 1 heterocycles. The van der Waals surface area contributed by atoms with E-state index in [4.69, 9.17) is 0 Å². The number of thiophene rings is 1. The van der Waals surface area contributed by atoms with E-state index in [2.05, 4.69) is 12.1 Å². The standard InChI is InChI=1S/C16H14O3S.Na/c17-13(8-9-15(18)19)12-6-3-5-11-10-4-1-2-7-14(10)20-16(11)12;/h1-7,13,17H,8-9H2,(H,18,19);/q;+1/p-1. The van der Waals surface area contributed by atoms with Crippen molar-refractivity contribution < 1.29 is 44.6 Å². The van der Waals surface area contributed by atoms with E-state index >= 15 is 0 Å². The third kappa shape index (κ3) is 3.30. The number of carboxylic acid groups (broad SMARTS) is 1. The molecular weight excluding hydrogens is 295 g/mol. The summed E-state index contributed by atoms with van der Waals surface area (Å²) in [7, 11) is 0. The second-order valence-corrected chi connectivity index (χ2v) is 5.80. The van der Waals surface area contributed by atoms with Crippen LogP contribution in [0, 0.1) is 0 Å². The molecule has 3 aromatic rings. The van der Waals surface area contributed by atoms with Crippen LogP contribution in [0.3, 0.4) is 0 Å². The average Bonchev–Trinajstić information content (AvgIpc) is 2.83. The van der Waals surface area contributed by atoms with Gasteiger partial charge >= 0.3 is 29.6 Å². The second-order valence-electron chi connectivity index (χ2n) is 4.75. The van der Waals surface area contributed by atoms with Crippen LogP contribution in [-0.4, -0.2) is 11.1 Å². The molecule has 0 aliphatic rings. The maximum absolute atomic E-state index is 10.5. The number of carbonyl (C=O) groups excluding carboxylic acids is 1. The summed E-state index contributed by atoms with van der Waals surface area (Å²) in [6, 6.07) is 13.9. The first kappa shape index (κ1) is 16.5. The third-order valence-electron chi connectivity index (χ3n) is 3.42. The van der Waals surface area contributed by atoms with Crippen LogP contribution in [0.25, 0.3) is 20.2 Å². The first-order valence-corrected chi connectivity index (χ1v) is 7.26. The van der Waals surface area contributed by atoms with Gasteiger partial charge in [0.15, 0.2) is 0 Å². The Morgan fingerprint density at radius 1 is 1.14 bits per heavy atom. The van der Waals surface area contributed by atoms with E-state index in [0.29, 0.717) is 0 Å². The van der Waals surface area contributed by atoms with Crippen LogP contribution in [0.5, 0.6) is 0 Å². The van der Waals surface area contributed by atoms with Gasteiger partial charge in [-0.2, -0.15) is 0 Å². The minimum absolute atomic E-state index is 0. The number of aliphatic carboxylic acids is 1. The molecule has 1 atom stereocenters. The Morgan fingerprint density at radius 2 is 1.86 bits per heavy atom. The number of benzene rings is 2. The van der Waals surface area contributed by atoms with Crippen LogP contribution < -0.4 is 34.7 Å². The molecule has 0 fully saturated rings. The van der Waals surface area contributed by atoms with Crippen molar-refractivity contribution >= 4 is 37.5 Å². The Bertz CT molecular complexity index is 781. The number of fused-ring (bicyclic) bond motifs is 3. The van der Waals surface area contributed by atoms with Crippen LogP contribution in [0.1, 0.15) is 24.5 Å². The molecule has 21 heavy (non-hydrogen) atoms. The average molecular weight is 308 g/mol. The van der Waals surface area contributed by atoms with Crippen molar-refractivity contribution in [3.8, 4) is 0 Å². The zero-order valence-corrected chi connectivity index (χ0v) is 14.5. The van der Waals surface area contributed by atoms with Gasteiger partial charge in [-0.1, -0.05) is 36.4 Å². The number of rotatable bonds is 4. The maximum Gasteiger partial charge on any atom is 1.00 e. The molecule has 0 bridgehead atoms. The first-order chi connectivity index (χ1) is 9.66. The van der Waals surface area contributed by atoms with Crippen molar-refractivity contribution in [2.45, 2.75) is 18.9 Å². The smallest absolute Gasteiger partial charge is 0.550 e. The van der Waals surface area contributed by atoms with Gasteiger partial charge in [-0.15, -0.1) is 11.3 Å². The Kier molecular flexibility index (Phi) is 5.41. The van der Waals surface area contributed by atoms with E-state index < -0.39 is 12.1 Å². The zero-order chi connectivity index (χ0) is 14.1. The molecule has 1 unspecified atom stereocenters. The molecule has 0 amide bonds. The summed E-state index contributed by atoms with van der Waals surface area (Å²) in [5, 5.41) is 23.0. The fourth-order valence-corrected chi connectivity index (χ4v) is 3.71. The SMILES string of the molecule is O=C([O-])CCC(O)c1cccc2c1sc1ccccc12.[Na+]. The van der Waals surface area contributed by atoms with Gasteiger partial charge in [0.2, 0.25) is 0 Å². The normalized spacial score (nSPS) is 12.2. The van der Waals surface area contributed by atoms with Crippen molar-refractivity contribution in [2.75, 3.05) is 0 Å². The number of aliphatic hydroxyl groups excluding tert-OH is 1.